The van der Waals surface area contributed by atoms with E-state index >= 15 is 0 Å². The van der Waals surface area contributed by atoms with Gasteiger partial charge in [-0.1, -0.05) is 41.9 Å². The Balaban J connectivity index is 1.83. The van der Waals surface area contributed by atoms with Crippen molar-refractivity contribution in [2.24, 2.45) is 0 Å². The summed E-state index contributed by atoms with van der Waals surface area (Å²) in [5.41, 5.74) is 1.55. The molecule has 1 aromatic heterocycles. The molecule has 0 radical (unpaired) electrons. The summed E-state index contributed by atoms with van der Waals surface area (Å²) in [4.78, 5) is 14.2. The first kappa shape index (κ1) is 20.0. The van der Waals surface area contributed by atoms with Crippen molar-refractivity contribution in [2.75, 3.05) is 19.5 Å². The van der Waals surface area contributed by atoms with E-state index in [0.717, 1.165) is 22.0 Å². The summed E-state index contributed by atoms with van der Waals surface area (Å²) in [6, 6.07) is 18.4. The van der Waals surface area contributed by atoms with Crippen molar-refractivity contribution in [1.29, 1.82) is 0 Å². The molecule has 1 unspecified atom stereocenters. The average Bonchev–Trinajstić information content (AvgIpc) is 3.07. The molecule has 2 aromatic carbocycles. The smallest absolute Gasteiger partial charge is 0.287 e. The van der Waals surface area contributed by atoms with Crippen molar-refractivity contribution in [3.63, 3.8) is 0 Å². The van der Waals surface area contributed by atoms with E-state index in [9.17, 15) is 4.79 Å². The topological polar surface area (TPSA) is 55.9 Å². The van der Waals surface area contributed by atoms with Crippen LogP contribution in [0.5, 0.6) is 5.75 Å². The van der Waals surface area contributed by atoms with Crippen molar-refractivity contribution in [3.8, 4) is 5.75 Å². The number of aryl methyl sites for hydroxylation is 1. The van der Waals surface area contributed by atoms with Crippen LogP contribution in [0.2, 0.25) is 5.02 Å². The van der Waals surface area contributed by atoms with Gasteiger partial charge in [-0.25, -0.2) is 0 Å². The molecule has 2 N–H and O–H groups in total. The number of furan rings is 1. The quantitative estimate of drug-likeness (QED) is 0.637. The molecule has 28 heavy (non-hydrogen) atoms. The standard InChI is InChI=1S/C22H23ClN2O3/c1-15-9-11-18(28-15)14-25(2)21(16-7-5-4-6-8-16)22(26)24-17-10-12-20(27-3)19(23)13-17/h4-13,21H,14H2,1-3H3,(H,24,26)/p+1/t21-/m0/s1. The monoisotopic (exact) mass is 399 g/mol. The number of likely N-dealkylation sites (N-methyl/N-ethyl adjacent to an activating group) is 1. The molecule has 3 aromatic rings. The maximum atomic E-state index is 13.2. The molecule has 1 amide bonds. The van der Waals surface area contributed by atoms with E-state index in [1.165, 1.54) is 0 Å². The van der Waals surface area contributed by atoms with Gasteiger partial charge >= 0.3 is 0 Å². The highest BCUT2D eigenvalue weighted by atomic mass is 35.5. The van der Waals surface area contributed by atoms with Crippen molar-refractivity contribution >= 4 is 23.2 Å². The van der Waals surface area contributed by atoms with Gasteiger partial charge in [-0.15, -0.1) is 0 Å². The number of anilines is 1. The zero-order valence-electron chi connectivity index (χ0n) is 16.2. The summed E-state index contributed by atoms with van der Waals surface area (Å²) >= 11 is 6.19. The number of amides is 1. The largest absolute Gasteiger partial charge is 0.495 e. The molecule has 0 spiro atoms. The summed E-state index contributed by atoms with van der Waals surface area (Å²) in [5.74, 6) is 2.15. The Labute approximate surface area is 169 Å². The third-order valence-corrected chi connectivity index (χ3v) is 4.85. The minimum absolute atomic E-state index is 0.117. The van der Waals surface area contributed by atoms with E-state index < -0.39 is 6.04 Å². The van der Waals surface area contributed by atoms with Crippen LogP contribution < -0.4 is 15.0 Å². The molecule has 0 aliphatic carbocycles. The minimum Gasteiger partial charge on any atom is -0.495 e. The molecule has 1 heterocycles. The van der Waals surface area contributed by atoms with Crippen LogP contribution >= 0.6 is 11.6 Å². The highest BCUT2D eigenvalue weighted by Crippen LogP contribution is 2.27. The number of ether oxygens (including phenoxy) is 1. The second-order valence-corrected chi connectivity index (χ2v) is 7.12. The maximum Gasteiger partial charge on any atom is 0.287 e. The van der Waals surface area contributed by atoms with Crippen LogP contribution in [0.15, 0.2) is 65.1 Å². The summed E-state index contributed by atoms with van der Waals surface area (Å²) in [6.07, 6.45) is 0. The van der Waals surface area contributed by atoms with Crippen molar-refractivity contribution in [1.82, 2.24) is 0 Å². The third kappa shape index (κ3) is 4.74. The maximum absolute atomic E-state index is 13.2. The average molecular weight is 400 g/mol. The lowest BCUT2D eigenvalue weighted by Gasteiger charge is -2.24. The SMILES string of the molecule is COc1ccc(NC(=O)[C@H](c2ccccc2)[NH+](C)Cc2ccc(C)o2)cc1Cl. The van der Waals surface area contributed by atoms with Gasteiger partial charge in [-0.2, -0.15) is 0 Å². The molecular formula is C22H24ClN2O3+. The molecule has 146 valence electrons. The van der Waals surface area contributed by atoms with Gasteiger partial charge in [0, 0.05) is 11.3 Å². The molecule has 2 atom stereocenters. The van der Waals surface area contributed by atoms with Crippen LogP contribution in [0, 0.1) is 6.92 Å². The predicted octanol–water partition coefficient (Wildman–Crippen LogP) is 3.64. The van der Waals surface area contributed by atoms with Crippen molar-refractivity contribution < 1.29 is 18.8 Å². The van der Waals surface area contributed by atoms with Crippen LogP contribution in [-0.2, 0) is 11.3 Å². The summed E-state index contributed by atoms with van der Waals surface area (Å²) < 4.78 is 10.9. The fourth-order valence-electron chi connectivity index (χ4n) is 3.22. The molecule has 0 bridgehead atoms. The Morgan fingerprint density at radius 3 is 2.54 bits per heavy atom. The number of quaternary nitrogens is 1. The van der Waals surface area contributed by atoms with Crippen molar-refractivity contribution in [2.45, 2.75) is 19.5 Å². The third-order valence-electron chi connectivity index (χ3n) is 4.56. The van der Waals surface area contributed by atoms with Gasteiger partial charge in [0.15, 0.2) is 11.8 Å². The number of benzene rings is 2. The number of nitrogens with one attached hydrogen (secondary N) is 2. The Hall–Kier alpha value is -2.76. The van der Waals surface area contributed by atoms with E-state index in [1.807, 2.05) is 56.4 Å². The lowest BCUT2D eigenvalue weighted by Crippen LogP contribution is -3.09. The van der Waals surface area contributed by atoms with E-state index in [1.54, 1.807) is 25.3 Å². The molecule has 0 aliphatic heterocycles. The van der Waals surface area contributed by atoms with E-state index in [4.69, 9.17) is 20.8 Å². The highest BCUT2D eigenvalue weighted by molar-refractivity contribution is 6.32. The number of hydrogen-bond donors (Lipinski definition) is 2. The second kappa shape index (κ2) is 8.95. The van der Waals surface area contributed by atoms with Gasteiger partial charge in [0.25, 0.3) is 5.91 Å². The lowest BCUT2D eigenvalue weighted by atomic mass is 10.0. The summed E-state index contributed by atoms with van der Waals surface area (Å²) in [6.45, 7) is 2.50. The Kier molecular flexibility index (Phi) is 6.39. The predicted molar refractivity (Wildman–Crippen MR) is 110 cm³/mol. The first-order valence-corrected chi connectivity index (χ1v) is 9.42. The lowest BCUT2D eigenvalue weighted by molar-refractivity contribution is -0.916. The first-order chi connectivity index (χ1) is 13.5. The number of rotatable bonds is 7. The molecule has 0 aliphatic rings. The fraction of sp³-hybridized carbons (Fsp3) is 0.227. The number of hydrogen-bond acceptors (Lipinski definition) is 3. The van der Waals surface area contributed by atoms with Gasteiger partial charge in [0.2, 0.25) is 0 Å². The zero-order valence-corrected chi connectivity index (χ0v) is 16.9. The zero-order chi connectivity index (χ0) is 20.1. The van der Waals surface area contributed by atoms with Gasteiger partial charge in [0.05, 0.1) is 19.2 Å². The molecule has 3 rings (SSSR count). The Morgan fingerprint density at radius 1 is 1.18 bits per heavy atom. The van der Waals surface area contributed by atoms with Crippen LogP contribution in [0.4, 0.5) is 5.69 Å². The molecular weight excluding hydrogens is 376 g/mol. The van der Waals surface area contributed by atoms with Crippen LogP contribution in [0.3, 0.4) is 0 Å². The number of carbonyl (C=O) groups is 1. The molecule has 0 fully saturated rings. The van der Waals surface area contributed by atoms with Gasteiger partial charge in [0.1, 0.15) is 18.1 Å². The highest BCUT2D eigenvalue weighted by Gasteiger charge is 2.30. The summed E-state index contributed by atoms with van der Waals surface area (Å²) in [7, 11) is 3.54. The van der Waals surface area contributed by atoms with E-state index in [2.05, 4.69) is 5.32 Å². The van der Waals surface area contributed by atoms with Crippen LogP contribution in [-0.4, -0.2) is 20.1 Å². The van der Waals surface area contributed by atoms with Gasteiger partial charge in [-0.3, -0.25) is 4.79 Å². The first-order valence-electron chi connectivity index (χ1n) is 9.05. The normalized spacial score (nSPS) is 13.0. The minimum atomic E-state index is -0.410. The number of methoxy groups -OCH3 is 1. The summed E-state index contributed by atoms with van der Waals surface area (Å²) in [5, 5.41) is 3.42. The molecule has 5 nitrogen and oxygen atoms in total. The second-order valence-electron chi connectivity index (χ2n) is 6.72. The van der Waals surface area contributed by atoms with Crippen molar-refractivity contribution in [3.05, 3.63) is 82.8 Å². The number of halogens is 1. The van der Waals surface area contributed by atoms with Crippen LogP contribution in [0.1, 0.15) is 23.1 Å². The fourth-order valence-corrected chi connectivity index (χ4v) is 3.48. The van der Waals surface area contributed by atoms with Gasteiger partial charge in [-0.05, 0) is 37.3 Å². The Morgan fingerprint density at radius 2 is 1.93 bits per heavy atom. The molecule has 0 saturated heterocycles. The van der Waals surface area contributed by atoms with Gasteiger partial charge < -0.3 is 19.4 Å². The number of carbonyl (C=O) groups excluding carboxylic acids is 1. The Bertz CT molecular complexity index is 940. The van der Waals surface area contributed by atoms with E-state index in [0.29, 0.717) is 23.0 Å². The van der Waals surface area contributed by atoms with Crippen LogP contribution in [0.25, 0.3) is 0 Å². The van der Waals surface area contributed by atoms with E-state index in [-0.39, 0.29) is 5.91 Å². The molecule has 6 heteroatoms. The molecule has 0 saturated carbocycles.